The third kappa shape index (κ3) is 3.48. The maximum absolute atomic E-state index is 12.2. The van der Waals surface area contributed by atoms with E-state index in [4.69, 9.17) is 11.6 Å². The average Bonchev–Trinajstić information content (AvgIpc) is 3.01. The van der Waals surface area contributed by atoms with Crippen molar-refractivity contribution < 1.29 is 4.79 Å². The summed E-state index contributed by atoms with van der Waals surface area (Å²) >= 11 is 8.55. The Hall–Kier alpha value is -1.83. The molecule has 1 N–H and O–H groups in total. The number of thioether (sulfide) groups is 1. The van der Waals surface area contributed by atoms with Gasteiger partial charge in [-0.1, -0.05) is 29.4 Å². The summed E-state index contributed by atoms with van der Waals surface area (Å²) in [6, 6.07) is 7.14. The molecule has 8 heteroatoms. The molecule has 0 atom stereocenters. The molecule has 2 aromatic heterocycles. The highest BCUT2D eigenvalue weighted by molar-refractivity contribution is 7.99. The van der Waals surface area contributed by atoms with Gasteiger partial charge in [0.25, 0.3) is 5.56 Å². The van der Waals surface area contributed by atoms with Crippen LogP contribution in [-0.2, 0) is 11.8 Å². The first-order valence-corrected chi connectivity index (χ1v) is 9.33. The fourth-order valence-electron chi connectivity index (χ4n) is 2.14. The second kappa shape index (κ2) is 6.96. The molecule has 0 bridgehead atoms. The molecule has 0 fully saturated rings. The molecule has 0 saturated carbocycles. The van der Waals surface area contributed by atoms with E-state index < -0.39 is 0 Å². The Labute approximate surface area is 151 Å². The van der Waals surface area contributed by atoms with Gasteiger partial charge in [-0.25, -0.2) is 4.98 Å². The van der Waals surface area contributed by atoms with Crippen LogP contribution in [0, 0.1) is 6.92 Å². The lowest BCUT2D eigenvalue weighted by atomic mass is 10.2. The van der Waals surface area contributed by atoms with Crippen molar-refractivity contribution in [3.8, 4) is 0 Å². The van der Waals surface area contributed by atoms with Gasteiger partial charge in [0.15, 0.2) is 5.16 Å². The van der Waals surface area contributed by atoms with Gasteiger partial charge in [-0.05, 0) is 36.1 Å². The maximum atomic E-state index is 12.2. The van der Waals surface area contributed by atoms with Crippen LogP contribution < -0.4 is 10.9 Å². The standard InChI is InChI=1S/C16H14ClN3O2S2/c1-9-3-4-10(17)7-12(9)18-13(21)8-24-16-19-11-5-6-23-14(11)15(22)20(16)2/h3-7H,8H2,1-2H3,(H,18,21). The fourth-order valence-corrected chi connectivity index (χ4v) is 3.89. The number of aromatic nitrogens is 2. The van der Waals surface area contributed by atoms with Crippen molar-refractivity contribution in [1.29, 1.82) is 0 Å². The molecule has 3 aromatic rings. The normalized spacial score (nSPS) is 11.0. The molecule has 0 spiro atoms. The van der Waals surface area contributed by atoms with E-state index in [1.165, 1.54) is 27.7 Å². The summed E-state index contributed by atoms with van der Waals surface area (Å²) in [6.07, 6.45) is 0. The minimum Gasteiger partial charge on any atom is -0.325 e. The summed E-state index contributed by atoms with van der Waals surface area (Å²) in [5.74, 6) is -0.0213. The molecule has 2 heterocycles. The highest BCUT2D eigenvalue weighted by Crippen LogP contribution is 2.22. The molecule has 1 aromatic carbocycles. The minimum atomic E-state index is -0.176. The van der Waals surface area contributed by atoms with Crippen molar-refractivity contribution in [2.75, 3.05) is 11.1 Å². The van der Waals surface area contributed by atoms with Crippen LogP contribution in [0.5, 0.6) is 0 Å². The summed E-state index contributed by atoms with van der Waals surface area (Å²) in [5.41, 5.74) is 2.19. The second-order valence-electron chi connectivity index (χ2n) is 5.19. The molecule has 0 aliphatic rings. The van der Waals surface area contributed by atoms with E-state index in [0.717, 1.165) is 5.56 Å². The van der Waals surface area contributed by atoms with Gasteiger partial charge in [0.05, 0.1) is 11.3 Å². The van der Waals surface area contributed by atoms with Crippen LogP contribution in [0.4, 0.5) is 5.69 Å². The minimum absolute atomic E-state index is 0.0939. The van der Waals surface area contributed by atoms with Gasteiger partial charge in [0, 0.05) is 17.8 Å². The zero-order chi connectivity index (χ0) is 17.3. The second-order valence-corrected chi connectivity index (χ2v) is 7.48. The van der Waals surface area contributed by atoms with Gasteiger partial charge in [-0.15, -0.1) is 11.3 Å². The number of thiophene rings is 1. The number of amides is 1. The lowest BCUT2D eigenvalue weighted by Crippen LogP contribution is -2.20. The number of nitrogens with one attached hydrogen (secondary N) is 1. The number of anilines is 1. The SMILES string of the molecule is Cc1ccc(Cl)cc1NC(=O)CSc1nc2ccsc2c(=O)n1C. The van der Waals surface area contributed by atoms with E-state index >= 15 is 0 Å². The highest BCUT2D eigenvalue weighted by Gasteiger charge is 2.12. The number of carbonyl (C=O) groups is 1. The van der Waals surface area contributed by atoms with Crippen molar-refractivity contribution >= 4 is 56.5 Å². The van der Waals surface area contributed by atoms with E-state index in [1.54, 1.807) is 25.2 Å². The Morgan fingerprint density at radius 3 is 3.00 bits per heavy atom. The first-order chi connectivity index (χ1) is 11.5. The van der Waals surface area contributed by atoms with E-state index in [-0.39, 0.29) is 17.2 Å². The number of nitrogens with zero attached hydrogens (tertiary/aromatic N) is 2. The number of hydrogen-bond donors (Lipinski definition) is 1. The van der Waals surface area contributed by atoms with Crippen molar-refractivity contribution in [2.45, 2.75) is 12.1 Å². The Balaban J connectivity index is 1.74. The lowest BCUT2D eigenvalue weighted by Gasteiger charge is -2.10. The molecule has 0 aliphatic heterocycles. The quantitative estimate of drug-likeness (QED) is 0.554. The van der Waals surface area contributed by atoms with E-state index in [2.05, 4.69) is 10.3 Å². The van der Waals surface area contributed by atoms with Gasteiger partial charge >= 0.3 is 0 Å². The van der Waals surface area contributed by atoms with Gasteiger partial charge < -0.3 is 5.32 Å². The Morgan fingerprint density at radius 2 is 2.21 bits per heavy atom. The maximum Gasteiger partial charge on any atom is 0.271 e. The van der Waals surface area contributed by atoms with Crippen LogP contribution in [0.15, 0.2) is 39.6 Å². The molecule has 124 valence electrons. The van der Waals surface area contributed by atoms with Crippen molar-refractivity contribution in [2.24, 2.45) is 7.05 Å². The first-order valence-electron chi connectivity index (χ1n) is 7.09. The molecule has 0 radical (unpaired) electrons. The number of benzene rings is 1. The monoisotopic (exact) mass is 379 g/mol. The third-order valence-corrected chi connectivity index (χ3v) is 5.61. The van der Waals surface area contributed by atoms with Crippen molar-refractivity contribution in [1.82, 2.24) is 9.55 Å². The summed E-state index contributed by atoms with van der Waals surface area (Å²) in [5, 5.41) is 5.75. The predicted molar refractivity (Wildman–Crippen MR) is 100 cm³/mol. The number of rotatable bonds is 4. The van der Waals surface area contributed by atoms with Crippen LogP contribution >= 0.6 is 34.7 Å². The summed E-state index contributed by atoms with van der Waals surface area (Å²) in [7, 11) is 1.66. The molecule has 5 nitrogen and oxygen atoms in total. The predicted octanol–water partition coefficient (Wildman–Crippen LogP) is 3.69. The Morgan fingerprint density at radius 1 is 1.42 bits per heavy atom. The highest BCUT2D eigenvalue weighted by atomic mass is 35.5. The zero-order valence-corrected chi connectivity index (χ0v) is 15.4. The van der Waals surface area contributed by atoms with Crippen LogP contribution in [-0.4, -0.2) is 21.2 Å². The number of halogens is 1. The van der Waals surface area contributed by atoms with E-state index in [0.29, 0.717) is 26.1 Å². The molecule has 3 rings (SSSR count). The number of aryl methyl sites for hydroxylation is 1. The smallest absolute Gasteiger partial charge is 0.271 e. The molecule has 1 amide bonds. The van der Waals surface area contributed by atoms with Gasteiger partial charge in [-0.2, -0.15) is 0 Å². The molecule has 24 heavy (non-hydrogen) atoms. The average molecular weight is 380 g/mol. The van der Waals surface area contributed by atoms with Gasteiger partial charge in [0.1, 0.15) is 4.70 Å². The number of carbonyl (C=O) groups excluding carboxylic acids is 1. The largest absolute Gasteiger partial charge is 0.325 e. The lowest BCUT2D eigenvalue weighted by molar-refractivity contribution is -0.113. The van der Waals surface area contributed by atoms with Crippen LogP contribution in [0.25, 0.3) is 10.2 Å². The third-order valence-electron chi connectivity index (χ3n) is 3.45. The zero-order valence-electron chi connectivity index (χ0n) is 13.0. The Kier molecular flexibility index (Phi) is 4.93. The summed E-state index contributed by atoms with van der Waals surface area (Å²) in [6.45, 7) is 1.90. The van der Waals surface area contributed by atoms with Crippen LogP contribution in [0.1, 0.15) is 5.56 Å². The van der Waals surface area contributed by atoms with Crippen LogP contribution in [0.3, 0.4) is 0 Å². The van der Waals surface area contributed by atoms with E-state index in [9.17, 15) is 9.59 Å². The van der Waals surface area contributed by atoms with Gasteiger partial charge in [-0.3, -0.25) is 14.2 Å². The molecule has 0 saturated heterocycles. The summed E-state index contributed by atoms with van der Waals surface area (Å²) in [4.78, 5) is 28.8. The molecular formula is C16H14ClN3O2S2. The topological polar surface area (TPSA) is 64.0 Å². The molecule has 0 unspecified atom stereocenters. The van der Waals surface area contributed by atoms with Gasteiger partial charge in [0.2, 0.25) is 5.91 Å². The van der Waals surface area contributed by atoms with Crippen molar-refractivity contribution in [3.05, 3.63) is 50.6 Å². The summed E-state index contributed by atoms with van der Waals surface area (Å²) < 4.78 is 2.10. The Bertz CT molecular complexity index is 981. The number of fused-ring (bicyclic) bond motifs is 1. The fraction of sp³-hybridized carbons (Fsp3) is 0.188. The molecule has 0 aliphatic carbocycles. The first kappa shape index (κ1) is 17.0. The van der Waals surface area contributed by atoms with E-state index in [1.807, 2.05) is 18.4 Å². The van der Waals surface area contributed by atoms with Crippen LogP contribution in [0.2, 0.25) is 5.02 Å². The molecular weight excluding hydrogens is 366 g/mol. The number of hydrogen-bond acceptors (Lipinski definition) is 5. The van der Waals surface area contributed by atoms with Crippen molar-refractivity contribution in [3.63, 3.8) is 0 Å².